The molecule has 0 aliphatic carbocycles. The Morgan fingerprint density at radius 2 is 1.89 bits per heavy atom. The van der Waals surface area contributed by atoms with Gasteiger partial charge >= 0.3 is 0 Å². The number of carbonyl (C=O) groups excluding carboxylic acids is 2. The Bertz CT molecular complexity index is 810. The number of hydrogen-bond donors (Lipinski definition) is 1. The number of amides is 2. The Balaban J connectivity index is 1.47. The van der Waals surface area contributed by atoms with Crippen LogP contribution in [-0.2, 0) is 9.59 Å². The molecular formula is C21H27N5O2. The number of pyridine rings is 1. The van der Waals surface area contributed by atoms with Crippen LogP contribution in [0.2, 0.25) is 0 Å². The molecule has 148 valence electrons. The average molecular weight is 381 g/mol. The highest BCUT2D eigenvalue weighted by Gasteiger charge is 2.34. The van der Waals surface area contributed by atoms with Crippen LogP contribution >= 0.6 is 0 Å². The number of nitrogens with one attached hydrogen (secondary N) is 1. The minimum atomic E-state index is 0.0226. The van der Waals surface area contributed by atoms with E-state index in [4.69, 9.17) is 0 Å². The second kappa shape index (κ2) is 8.12. The van der Waals surface area contributed by atoms with E-state index in [2.05, 4.69) is 26.1 Å². The Morgan fingerprint density at radius 1 is 1.07 bits per heavy atom. The molecule has 1 unspecified atom stereocenters. The lowest BCUT2D eigenvalue weighted by atomic mass is 9.90. The minimum Gasteiger partial charge on any atom is -0.343 e. The fraction of sp³-hybridized carbons (Fsp3) is 0.524. The Kier molecular flexibility index (Phi) is 5.41. The third-order valence-corrected chi connectivity index (χ3v) is 6.04. The minimum absolute atomic E-state index is 0.0226. The van der Waals surface area contributed by atoms with Crippen molar-refractivity contribution in [3.8, 4) is 11.3 Å². The monoisotopic (exact) mass is 381 g/mol. The van der Waals surface area contributed by atoms with E-state index < -0.39 is 0 Å². The molecule has 0 spiro atoms. The molecule has 2 aromatic heterocycles. The van der Waals surface area contributed by atoms with E-state index in [-0.39, 0.29) is 23.8 Å². The number of piperidine rings is 2. The van der Waals surface area contributed by atoms with E-state index in [9.17, 15) is 9.59 Å². The number of H-pyrrole nitrogens is 1. The molecule has 1 N–H and O–H groups in total. The zero-order valence-corrected chi connectivity index (χ0v) is 16.3. The molecule has 4 rings (SSSR count). The Hall–Kier alpha value is -2.70. The molecular weight excluding hydrogens is 354 g/mol. The molecule has 0 bridgehead atoms. The van der Waals surface area contributed by atoms with Crippen molar-refractivity contribution >= 4 is 11.8 Å². The molecule has 0 radical (unpaired) electrons. The van der Waals surface area contributed by atoms with E-state index in [1.807, 2.05) is 23.4 Å². The number of likely N-dealkylation sites (tertiary alicyclic amines) is 2. The van der Waals surface area contributed by atoms with Crippen LogP contribution in [0.15, 0.2) is 30.7 Å². The lowest BCUT2D eigenvalue weighted by Crippen LogP contribution is -2.46. The van der Waals surface area contributed by atoms with Gasteiger partial charge < -0.3 is 9.80 Å². The summed E-state index contributed by atoms with van der Waals surface area (Å²) in [7, 11) is 0. The van der Waals surface area contributed by atoms with Crippen LogP contribution in [0.5, 0.6) is 0 Å². The first-order chi connectivity index (χ1) is 13.6. The summed E-state index contributed by atoms with van der Waals surface area (Å²) in [4.78, 5) is 33.3. The smallest absolute Gasteiger partial charge is 0.226 e. The summed E-state index contributed by atoms with van der Waals surface area (Å²) in [5.74, 6) is 0.367. The molecule has 2 aliphatic heterocycles. The molecule has 7 nitrogen and oxygen atoms in total. The molecule has 2 aliphatic rings. The van der Waals surface area contributed by atoms with Gasteiger partial charge in [-0.25, -0.2) is 0 Å². The van der Waals surface area contributed by atoms with Gasteiger partial charge in [0, 0.05) is 50.4 Å². The number of nitrogens with zero attached hydrogens (tertiary/aromatic N) is 4. The summed E-state index contributed by atoms with van der Waals surface area (Å²) >= 11 is 0. The van der Waals surface area contributed by atoms with Crippen molar-refractivity contribution in [2.24, 2.45) is 5.92 Å². The zero-order valence-electron chi connectivity index (χ0n) is 16.3. The molecule has 0 aromatic carbocycles. The Labute approximate surface area is 165 Å². The van der Waals surface area contributed by atoms with Crippen molar-refractivity contribution < 1.29 is 9.59 Å². The largest absolute Gasteiger partial charge is 0.343 e. The highest BCUT2D eigenvalue weighted by molar-refractivity contribution is 5.80. The van der Waals surface area contributed by atoms with Crippen LogP contribution in [-0.4, -0.2) is 56.4 Å². The van der Waals surface area contributed by atoms with Crippen LogP contribution < -0.4 is 0 Å². The number of hydrogen-bond acceptors (Lipinski definition) is 4. The average Bonchev–Trinajstić information content (AvgIpc) is 3.28. The van der Waals surface area contributed by atoms with Gasteiger partial charge in [0.25, 0.3) is 0 Å². The first-order valence-corrected chi connectivity index (χ1v) is 10.1. The van der Waals surface area contributed by atoms with Gasteiger partial charge in [-0.05, 0) is 43.7 Å². The maximum atomic E-state index is 13.3. The fourth-order valence-electron chi connectivity index (χ4n) is 4.38. The number of rotatable bonds is 3. The summed E-state index contributed by atoms with van der Waals surface area (Å²) in [6.45, 7) is 3.78. The quantitative estimate of drug-likeness (QED) is 0.886. The van der Waals surface area contributed by atoms with Crippen LogP contribution in [0.1, 0.15) is 50.6 Å². The highest BCUT2D eigenvalue weighted by Crippen LogP contribution is 2.34. The summed E-state index contributed by atoms with van der Waals surface area (Å²) in [5.41, 5.74) is 2.93. The summed E-state index contributed by atoms with van der Waals surface area (Å²) in [6.07, 6.45) is 10.2. The number of aromatic amines is 1. The molecule has 28 heavy (non-hydrogen) atoms. The van der Waals surface area contributed by atoms with E-state index in [1.165, 1.54) is 0 Å². The molecule has 0 saturated carbocycles. The predicted octanol–water partition coefficient (Wildman–Crippen LogP) is 2.78. The normalized spacial score (nSPS) is 21.0. The summed E-state index contributed by atoms with van der Waals surface area (Å²) in [6, 6.07) is 4.19. The third-order valence-electron chi connectivity index (χ3n) is 6.04. The van der Waals surface area contributed by atoms with Gasteiger partial charge in [-0.15, -0.1) is 0 Å². The van der Waals surface area contributed by atoms with Crippen LogP contribution in [0.25, 0.3) is 11.3 Å². The summed E-state index contributed by atoms with van der Waals surface area (Å²) < 4.78 is 0. The highest BCUT2D eigenvalue weighted by atomic mass is 16.2. The molecule has 2 fully saturated rings. The molecule has 2 amide bonds. The standard InChI is InChI=1S/C21H27N5O2/c1-15(27)25-10-7-16(8-11-25)21(28)26-9-3-2-4-20(26)17-5-6-19(22-12-17)18-13-23-24-14-18/h5-6,12-14,16,20H,2-4,7-11H2,1H3,(H,23,24). The summed E-state index contributed by atoms with van der Waals surface area (Å²) in [5, 5.41) is 6.78. The second-order valence-electron chi connectivity index (χ2n) is 7.79. The molecule has 2 aromatic rings. The van der Waals surface area contributed by atoms with Gasteiger partial charge in [-0.1, -0.05) is 6.07 Å². The fourth-order valence-corrected chi connectivity index (χ4v) is 4.38. The molecule has 7 heteroatoms. The third kappa shape index (κ3) is 3.79. The molecule has 1 atom stereocenters. The second-order valence-corrected chi connectivity index (χ2v) is 7.79. The zero-order chi connectivity index (χ0) is 19.5. The van der Waals surface area contributed by atoms with E-state index in [0.717, 1.165) is 55.5 Å². The van der Waals surface area contributed by atoms with Crippen LogP contribution in [0, 0.1) is 5.92 Å². The lowest BCUT2D eigenvalue weighted by molar-refractivity contribution is -0.143. The van der Waals surface area contributed by atoms with E-state index in [0.29, 0.717) is 13.1 Å². The van der Waals surface area contributed by atoms with E-state index in [1.54, 1.807) is 13.1 Å². The van der Waals surface area contributed by atoms with Crippen molar-refractivity contribution in [3.05, 3.63) is 36.3 Å². The first-order valence-electron chi connectivity index (χ1n) is 10.1. The van der Waals surface area contributed by atoms with Crippen LogP contribution in [0.3, 0.4) is 0 Å². The SMILES string of the molecule is CC(=O)N1CCC(C(=O)N2CCCCC2c2ccc(-c3cn[nH]c3)nc2)CC1. The Morgan fingerprint density at radius 3 is 2.54 bits per heavy atom. The van der Waals surface area contributed by atoms with Crippen molar-refractivity contribution in [3.63, 3.8) is 0 Å². The van der Waals surface area contributed by atoms with Crippen LogP contribution in [0.4, 0.5) is 0 Å². The molecule has 4 heterocycles. The molecule has 2 saturated heterocycles. The predicted molar refractivity (Wildman–Crippen MR) is 105 cm³/mol. The first kappa shape index (κ1) is 18.7. The van der Waals surface area contributed by atoms with Gasteiger partial charge in [-0.2, -0.15) is 5.10 Å². The van der Waals surface area contributed by atoms with Crippen molar-refractivity contribution in [1.82, 2.24) is 25.0 Å². The van der Waals surface area contributed by atoms with E-state index >= 15 is 0 Å². The van der Waals surface area contributed by atoms with Gasteiger partial charge in [0.05, 0.1) is 17.9 Å². The van der Waals surface area contributed by atoms with Crippen molar-refractivity contribution in [1.29, 1.82) is 0 Å². The van der Waals surface area contributed by atoms with Gasteiger partial charge in [0.2, 0.25) is 11.8 Å². The lowest BCUT2D eigenvalue weighted by Gasteiger charge is -2.40. The van der Waals surface area contributed by atoms with Gasteiger partial charge in [0.15, 0.2) is 0 Å². The number of carbonyl (C=O) groups is 2. The van der Waals surface area contributed by atoms with Gasteiger partial charge in [-0.3, -0.25) is 19.7 Å². The van der Waals surface area contributed by atoms with Crippen molar-refractivity contribution in [2.75, 3.05) is 19.6 Å². The van der Waals surface area contributed by atoms with Crippen molar-refractivity contribution in [2.45, 2.75) is 45.1 Å². The maximum Gasteiger partial charge on any atom is 0.226 e. The van der Waals surface area contributed by atoms with Gasteiger partial charge in [0.1, 0.15) is 0 Å². The topological polar surface area (TPSA) is 82.2 Å². The maximum absolute atomic E-state index is 13.3. The number of aromatic nitrogens is 3.